The van der Waals surface area contributed by atoms with Crippen LogP contribution in [0.15, 0.2) is 200 Å². The lowest BCUT2D eigenvalue weighted by Gasteiger charge is -2.20. The van der Waals surface area contributed by atoms with E-state index in [1.165, 1.54) is 38.1 Å². The molecule has 4 heteroatoms. The number of rotatable bonds is 6. The van der Waals surface area contributed by atoms with E-state index in [9.17, 15) is 4.57 Å². The van der Waals surface area contributed by atoms with Crippen LogP contribution in [-0.2, 0) is 4.57 Å². The third-order valence-electron chi connectivity index (χ3n) is 10.4. The molecule has 3 nitrogen and oxygen atoms in total. The number of fused-ring (bicyclic) bond motifs is 6. The zero-order valence-electron chi connectivity index (χ0n) is 28.3. The molecular formula is C48H33N2OP. The van der Waals surface area contributed by atoms with Crippen molar-refractivity contribution < 1.29 is 4.57 Å². The van der Waals surface area contributed by atoms with Crippen LogP contribution in [-0.4, -0.2) is 9.13 Å². The number of aromatic nitrogens is 2. The van der Waals surface area contributed by atoms with Gasteiger partial charge >= 0.3 is 0 Å². The normalized spacial score (nSPS) is 11.9. The van der Waals surface area contributed by atoms with Crippen LogP contribution in [0.1, 0.15) is 0 Å². The third-order valence-corrected chi connectivity index (χ3v) is 13.5. The minimum absolute atomic E-state index is 0.829. The van der Waals surface area contributed by atoms with Gasteiger partial charge in [0.05, 0.1) is 22.1 Å². The molecule has 2 heterocycles. The summed E-state index contributed by atoms with van der Waals surface area (Å²) in [5, 5.41) is 7.43. The molecule has 0 atom stereocenters. The van der Waals surface area contributed by atoms with Crippen LogP contribution < -0.4 is 15.9 Å². The predicted molar refractivity (Wildman–Crippen MR) is 220 cm³/mol. The molecular weight excluding hydrogens is 652 g/mol. The van der Waals surface area contributed by atoms with Crippen molar-refractivity contribution in [3.8, 4) is 22.5 Å². The summed E-state index contributed by atoms with van der Waals surface area (Å²) >= 11 is 0. The second-order valence-corrected chi connectivity index (χ2v) is 16.1. The van der Waals surface area contributed by atoms with Crippen molar-refractivity contribution in [2.45, 2.75) is 0 Å². The van der Waals surface area contributed by atoms with E-state index in [1.54, 1.807) is 0 Å². The maximum atomic E-state index is 14.9. The highest BCUT2D eigenvalue weighted by molar-refractivity contribution is 7.85. The van der Waals surface area contributed by atoms with Gasteiger partial charge in [0, 0.05) is 48.8 Å². The van der Waals surface area contributed by atoms with Crippen LogP contribution in [0.5, 0.6) is 0 Å². The molecule has 0 radical (unpaired) electrons. The highest BCUT2D eigenvalue weighted by atomic mass is 31.2. The first-order chi connectivity index (χ1) is 25.7. The summed E-state index contributed by atoms with van der Waals surface area (Å²) in [7, 11) is -3.04. The van der Waals surface area contributed by atoms with Crippen LogP contribution in [0, 0.1) is 0 Å². The molecule has 0 spiro atoms. The van der Waals surface area contributed by atoms with E-state index in [0.29, 0.717) is 0 Å². The molecule has 0 aliphatic rings. The number of hydrogen-bond donors (Lipinski definition) is 0. The summed E-state index contributed by atoms with van der Waals surface area (Å²) in [6.07, 6.45) is 0. The first-order valence-electron chi connectivity index (χ1n) is 17.6. The number of benzene rings is 8. The lowest BCUT2D eigenvalue weighted by atomic mass is 10.0. The van der Waals surface area contributed by atoms with Crippen LogP contribution in [0.25, 0.3) is 66.1 Å². The topological polar surface area (TPSA) is 26.9 Å². The minimum atomic E-state index is -3.04. The van der Waals surface area contributed by atoms with Crippen LogP contribution in [0.2, 0.25) is 0 Å². The molecule has 0 saturated carbocycles. The molecule has 0 bridgehead atoms. The molecule has 2 aromatic heterocycles. The average molecular weight is 685 g/mol. The second kappa shape index (κ2) is 12.1. The fraction of sp³-hybridized carbons (Fsp3) is 0. The summed E-state index contributed by atoms with van der Waals surface area (Å²) in [6.45, 7) is 0. The summed E-state index contributed by atoms with van der Waals surface area (Å²) in [5.41, 5.74) is 9.20. The van der Waals surface area contributed by atoms with E-state index in [4.69, 9.17) is 0 Å². The summed E-state index contributed by atoms with van der Waals surface area (Å²) in [5.74, 6) is 0. The zero-order chi connectivity index (χ0) is 34.6. The highest BCUT2D eigenvalue weighted by Gasteiger charge is 2.29. The molecule has 0 saturated heterocycles. The summed E-state index contributed by atoms with van der Waals surface area (Å²) < 4.78 is 19.6. The summed E-state index contributed by atoms with van der Waals surface area (Å²) in [4.78, 5) is 0. The van der Waals surface area contributed by atoms with E-state index in [2.05, 4.69) is 137 Å². The fourth-order valence-corrected chi connectivity index (χ4v) is 10.6. The first-order valence-corrected chi connectivity index (χ1v) is 19.3. The van der Waals surface area contributed by atoms with E-state index in [-0.39, 0.29) is 0 Å². The van der Waals surface area contributed by atoms with Crippen LogP contribution >= 0.6 is 7.14 Å². The van der Waals surface area contributed by atoms with Gasteiger partial charge < -0.3 is 13.7 Å². The monoisotopic (exact) mass is 684 g/mol. The van der Waals surface area contributed by atoms with Crippen LogP contribution in [0.4, 0.5) is 0 Å². The molecule has 10 rings (SSSR count). The zero-order valence-corrected chi connectivity index (χ0v) is 29.2. The van der Waals surface area contributed by atoms with Gasteiger partial charge in [-0.15, -0.1) is 0 Å². The lowest BCUT2D eigenvalue weighted by molar-refractivity contribution is 0.592. The van der Waals surface area contributed by atoms with E-state index >= 15 is 0 Å². The van der Waals surface area contributed by atoms with Gasteiger partial charge in [0.1, 0.15) is 0 Å². The van der Waals surface area contributed by atoms with Gasteiger partial charge in [-0.1, -0.05) is 146 Å². The van der Waals surface area contributed by atoms with Gasteiger partial charge in [-0.2, -0.15) is 0 Å². The molecule has 0 aliphatic heterocycles. The Balaban J connectivity index is 1.05. The van der Waals surface area contributed by atoms with E-state index in [0.717, 1.165) is 43.9 Å². The number of para-hydroxylation sites is 3. The van der Waals surface area contributed by atoms with Crippen molar-refractivity contribution in [2.75, 3.05) is 0 Å². The Morgan fingerprint density at radius 2 is 0.673 bits per heavy atom. The molecule has 10 aromatic rings. The van der Waals surface area contributed by atoms with Crippen molar-refractivity contribution in [1.82, 2.24) is 9.13 Å². The third kappa shape index (κ3) is 4.71. The Morgan fingerprint density at radius 1 is 0.308 bits per heavy atom. The van der Waals surface area contributed by atoms with Crippen molar-refractivity contribution in [3.63, 3.8) is 0 Å². The van der Waals surface area contributed by atoms with Crippen molar-refractivity contribution in [2.24, 2.45) is 0 Å². The SMILES string of the molecule is O=P(c1ccccc1)(c1ccccc1)c1ccc(-c2ccc3c(c2)c2ccccc2n3-c2ccc(-n3c4ccccc4c4ccccc43)cc2)cc1. The molecule has 0 amide bonds. The Bertz CT molecular complexity index is 2860. The number of nitrogens with zero attached hydrogens (tertiary/aromatic N) is 2. The largest absolute Gasteiger partial charge is 0.309 e. The van der Waals surface area contributed by atoms with Crippen LogP contribution in [0.3, 0.4) is 0 Å². The van der Waals surface area contributed by atoms with Crippen molar-refractivity contribution >= 4 is 66.7 Å². The standard InChI is InChI=1S/C48H33N2OP/c51-52(38-13-3-1-4-14-38,39-15-5-2-6-16-39)40-30-23-34(24-31-40)35-25-32-48-44(33-35)43-19-9-12-22-47(43)50(48)37-28-26-36(27-29-37)49-45-20-10-7-17-41(45)42-18-8-11-21-46(42)49/h1-33H. The quantitative estimate of drug-likeness (QED) is 0.160. The molecule has 0 aliphatic carbocycles. The maximum Gasteiger partial charge on any atom is 0.171 e. The lowest BCUT2D eigenvalue weighted by Crippen LogP contribution is -2.24. The maximum absolute atomic E-state index is 14.9. The Kier molecular flexibility index (Phi) is 7.09. The molecule has 0 N–H and O–H groups in total. The predicted octanol–water partition coefficient (Wildman–Crippen LogP) is 11.2. The highest BCUT2D eigenvalue weighted by Crippen LogP contribution is 2.43. The summed E-state index contributed by atoms with van der Waals surface area (Å²) in [6, 6.07) is 69.6. The molecule has 0 unspecified atom stereocenters. The Hall–Kier alpha value is -6.41. The number of hydrogen-bond acceptors (Lipinski definition) is 1. The van der Waals surface area contributed by atoms with Gasteiger partial charge in [0.2, 0.25) is 0 Å². The van der Waals surface area contributed by atoms with E-state index in [1.807, 2.05) is 72.8 Å². The van der Waals surface area contributed by atoms with Gasteiger partial charge in [0.15, 0.2) is 7.14 Å². The van der Waals surface area contributed by atoms with Gasteiger partial charge in [-0.05, 0) is 65.7 Å². The minimum Gasteiger partial charge on any atom is -0.309 e. The van der Waals surface area contributed by atoms with E-state index < -0.39 is 7.14 Å². The Labute approximate surface area is 302 Å². The molecule has 246 valence electrons. The average Bonchev–Trinajstić information content (AvgIpc) is 3.74. The van der Waals surface area contributed by atoms with Gasteiger partial charge in [-0.3, -0.25) is 0 Å². The Morgan fingerprint density at radius 3 is 1.15 bits per heavy atom. The first kappa shape index (κ1) is 30.4. The molecule has 0 fully saturated rings. The van der Waals surface area contributed by atoms with Crippen molar-refractivity contribution in [3.05, 3.63) is 200 Å². The molecule has 52 heavy (non-hydrogen) atoms. The smallest absolute Gasteiger partial charge is 0.171 e. The second-order valence-electron chi connectivity index (χ2n) is 13.3. The van der Waals surface area contributed by atoms with Gasteiger partial charge in [0.25, 0.3) is 0 Å². The molecule has 8 aromatic carbocycles. The van der Waals surface area contributed by atoms with Gasteiger partial charge in [-0.25, -0.2) is 0 Å². The van der Waals surface area contributed by atoms with Crippen molar-refractivity contribution in [1.29, 1.82) is 0 Å². The fourth-order valence-electron chi connectivity index (χ4n) is 7.97.